The fourth-order valence-electron chi connectivity index (χ4n) is 1.54. The standard InChI is InChI=1S/C12H14FNO6S/c1-20-12(16)10(6-7-21(17,18)19)14-11(15)8-4-2-3-5-9(8)13/h2-5,10H,6-7H2,1H3,(H,14,15)(H,17,18,19)/t10-/m0/s1. The Balaban J connectivity index is 2.84. The molecule has 0 saturated heterocycles. The van der Waals surface area contributed by atoms with Gasteiger partial charge in [-0.25, -0.2) is 9.18 Å². The normalized spacial score (nSPS) is 12.5. The van der Waals surface area contributed by atoms with Crippen molar-refractivity contribution in [1.82, 2.24) is 5.32 Å². The third kappa shape index (κ3) is 5.48. The zero-order valence-corrected chi connectivity index (χ0v) is 11.9. The number of carbonyl (C=O) groups excluding carboxylic acids is 2. The van der Waals surface area contributed by atoms with E-state index in [9.17, 15) is 22.4 Å². The number of benzene rings is 1. The Kier molecular flexibility index (Phi) is 5.79. The van der Waals surface area contributed by atoms with Gasteiger partial charge >= 0.3 is 5.97 Å². The molecule has 0 heterocycles. The van der Waals surface area contributed by atoms with Gasteiger partial charge in [0.1, 0.15) is 11.9 Å². The maximum absolute atomic E-state index is 13.4. The highest BCUT2D eigenvalue weighted by Crippen LogP contribution is 2.08. The van der Waals surface area contributed by atoms with Crippen molar-refractivity contribution in [1.29, 1.82) is 0 Å². The lowest BCUT2D eigenvalue weighted by Crippen LogP contribution is -2.42. The van der Waals surface area contributed by atoms with Gasteiger partial charge in [-0.2, -0.15) is 8.42 Å². The van der Waals surface area contributed by atoms with Crippen molar-refractivity contribution in [3.05, 3.63) is 35.6 Å². The Labute approximate surface area is 120 Å². The molecule has 0 spiro atoms. The molecular formula is C12H14FNO6S. The smallest absolute Gasteiger partial charge is 0.328 e. The summed E-state index contributed by atoms with van der Waals surface area (Å²) in [5.41, 5.74) is -0.293. The van der Waals surface area contributed by atoms with Crippen LogP contribution in [0, 0.1) is 5.82 Å². The van der Waals surface area contributed by atoms with Crippen molar-refractivity contribution >= 4 is 22.0 Å². The first-order chi connectivity index (χ1) is 9.74. The van der Waals surface area contributed by atoms with Gasteiger partial charge in [-0.1, -0.05) is 12.1 Å². The van der Waals surface area contributed by atoms with E-state index in [4.69, 9.17) is 4.55 Å². The summed E-state index contributed by atoms with van der Waals surface area (Å²) in [6, 6.07) is 3.79. The van der Waals surface area contributed by atoms with Crippen molar-refractivity contribution in [3.63, 3.8) is 0 Å². The molecule has 0 fully saturated rings. The Hall–Kier alpha value is -2.00. The first-order valence-corrected chi connectivity index (χ1v) is 7.44. The van der Waals surface area contributed by atoms with Crippen molar-refractivity contribution in [2.45, 2.75) is 12.5 Å². The quantitative estimate of drug-likeness (QED) is 0.579. The van der Waals surface area contributed by atoms with Gasteiger partial charge in [0.25, 0.3) is 16.0 Å². The Bertz CT molecular complexity index is 630. The van der Waals surface area contributed by atoms with E-state index >= 15 is 0 Å². The summed E-state index contributed by atoms with van der Waals surface area (Å²) in [4.78, 5) is 23.3. The summed E-state index contributed by atoms with van der Waals surface area (Å²) in [6.45, 7) is 0. The number of carbonyl (C=O) groups is 2. The predicted molar refractivity (Wildman–Crippen MR) is 70.7 cm³/mol. The minimum Gasteiger partial charge on any atom is -0.467 e. The SMILES string of the molecule is COC(=O)[C@H](CCS(=O)(=O)O)NC(=O)c1ccccc1F. The third-order valence-electron chi connectivity index (χ3n) is 2.57. The minimum atomic E-state index is -4.30. The number of amides is 1. The molecule has 2 N–H and O–H groups in total. The molecule has 0 radical (unpaired) electrons. The lowest BCUT2D eigenvalue weighted by atomic mass is 10.1. The molecule has 1 amide bonds. The fraction of sp³-hybridized carbons (Fsp3) is 0.333. The number of hydrogen-bond acceptors (Lipinski definition) is 5. The van der Waals surface area contributed by atoms with E-state index < -0.39 is 46.0 Å². The number of halogens is 1. The monoisotopic (exact) mass is 319 g/mol. The molecule has 0 aromatic heterocycles. The summed E-state index contributed by atoms with van der Waals surface area (Å²) in [5.74, 6) is -3.32. The molecule has 21 heavy (non-hydrogen) atoms. The molecule has 1 aromatic carbocycles. The second-order valence-electron chi connectivity index (χ2n) is 4.10. The van der Waals surface area contributed by atoms with Crippen LogP contribution >= 0.6 is 0 Å². The molecule has 1 aromatic rings. The number of hydrogen-bond donors (Lipinski definition) is 2. The van der Waals surface area contributed by atoms with E-state index in [0.717, 1.165) is 13.2 Å². The molecular weight excluding hydrogens is 305 g/mol. The highest BCUT2D eigenvalue weighted by atomic mass is 32.2. The van der Waals surface area contributed by atoms with Crippen molar-refractivity contribution in [2.75, 3.05) is 12.9 Å². The summed E-state index contributed by atoms with van der Waals surface area (Å²) >= 11 is 0. The van der Waals surface area contributed by atoms with Crippen LogP contribution in [-0.2, 0) is 19.6 Å². The molecule has 0 aliphatic rings. The van der Waals surface area contributed by atoms with E-state index in [2.05, 4.69) is 10.1 Å². The largest absolute Gasteiger partial charge is 0.467 e. The highest BCUT2D eigenvalue weighted by Gasteiger charge is 2.25. The second-order valence-corrected chi connectivity index (χ2v) is 5.68. The van der Waals surface area contributed by atoms with Crippen molar-refractivity contribution in [2.24, 2.45) is 0 Å². The number of methoxy groups -OCH3 is 1. The second kappa shape index (κ2) is 7.14. The van der Waals surface area contributed by atoms with Crippen LogP contribution in [0.3, 0.4) is 0 Å². The highest BCUT2D eigenvalue weighted by molar-refractivity contribution is 7.85. The van der Waals surface area contributed by atoms with Crippen LogP contribution in [0.1, 0.15) is 16.8 Å². The van der Waals surface area contributed by atoms with Crippen LogP contribution in [0.15, 0.2) is 24.3 Å². The third-order valence-corrected chi connectivity index (χ3v) is 3.33. The number of nitrogens with one attached hydrogen (secondary N) is 1. The topological polar surface area (TPSA) is 110 Å². The van der Waals surface area contributed by atoms with Crippen LogP contribution in [0.5, 0.6) is 0 Å². The maximum Gasteiger partial charge on any atom is 0.328 e. The van der Waals surface area contributed by atoms with Crippen LogP contribution in [0.25, 0.3) is 0 Å². The number of ether oxygens (including phenoxy) is 1. The van der Waals surface area contributed by atoms with E-state index in [0.29, 0.717) is 0 Å². The van der Waals surface area contributed by atoms with Crippen LogP contribution in [0.4, 0.5) is 4.39 Å². The maximum atomic E-state index is 13.4. The lowest BCUT2D eigenvalue weighted by molar-refractivity contribution is -0.142. The fourth-order valence-corrected chi connectivity index (χ4v) is 2.07. The molecule has 0 unspecified atom stereocenters. The number of rotatable bonds is 6. The Morgan fingerprint density at radius 2 is 2.00 bits per heavy atom. The summed E-state index contributed by atoms with van der Waals surface area (Å²) in [7, 11) is -3.25. The van der Waals surface area contributed by atoms with Gasteiger partial charge in [-0.15, -0.1) is 0 Å². The van der Waals surface area contributed by atoms with E-state index in [1.54, 1.807) is 0 Å². The van der Waals surface area contributed by atoms with Gasteiger partial charge in [-0.05, 0) is 18.6 Å². The zero-order chi connectivity index (χ0) is 16.0. The van der Waals surface area contributed by atoms with Gasteiger partial charge in [0.2, 0.25) is 0 Å². The van der Waals surface area contributed by atoms with Crippen molar-refractivity contribution < 1.29 is 31.7 Å². The molecule has 7 nitrogen and oxygen atoms in total. The molecule has 0 bridgehead atoms. The first-order valence-electron chi connectivity index (χ1n) is 5.83. The molecule has 1 atom stereocenters. The molecule has 9 heteroatoms. The summed E-state index contributed by atoms with van der Waals surface area (Å²) in [5, 5.41) is 2.17. The Morgan fingerprint density at radius 3 is 2.52 bits per heavy atom. The van der Waals surface area contributed by atoms with E-state index in [1.165, 1.54) is 18.2 Å². The van der Waals surface area contributed by atoms with Crippen LogP contribution in [0.2, 0.25) is 0 Å². The molecule has 0 aliphatic carbocycles. The van der Waals surface area contributed by atoms with Gasteiger partial charge in [0.15, 0.2) is 0 Å². The average molecular weight is 319 g/mol. The molecule has 0 aliphatic heterocycles. The minimum absolute atomic E-state index is 0.293. The summed E-state index contributed by atoms with van der Waals surface area (Å²) < 4.78 is 47.9. The van der Waals surface area contributed by atoms with Crippen LogP contribution in [-0.4, -0.2) is 43.8 Å². The Morgan fingerprint density at radius 1 is 1.38 bits per heavy atom. The van der Waals surface area contributed by atoms with Gasteiger partial charge < -0.3 is 10.1 Å². The lowest BCUT2D eigenvalue weighted by Gasteiger charge is -2.16. The van der Waals surface area contributed by atoms with Crippen molar-refractivity contribution in [3.8, 4) is 0 Å². The van der Waals surface area contributed by atoms with E-state index in [-0.39, 0.29) is 5.56 Å². The summed E-state index contributed by atoms with van der Waals surface area (Å²) in [6.07, 6.45) is -0.397. The van der Waals surface area contributed by atoms with Gasteiger partial charge in [0.05, 0.1) is 18.4 Å². The molecule has 116 valence electrons. The zero-order valence-electron chi connectivity index (χ0n) is 11.1. The first kappa shape index (κ1) is 17.1. The predicted octanol–water partition coefficient (Wildman–Crippen LogP) is 0.375. The molecule has 0 saturated carbocycles. The average Bonchev–Trinajstić information content (AvgIpc) is 2.41. The van der Waals surface area contributed by atoms with Gasteiger partial charge in [-0.3, -0.25) is 9.35 Å². The van der Waals surface area contributed by atoms with Crippen LogP contribution < -0.4 is 5.32 Å². The number of esters is 1. The van der Waals surface area contributed by atoms with Gasteiger partial charge in [0, 0.05) is 0 Å². The van der Waals surface area contributed by atoms with E-state index in [1.807, 2.05) is 0 Å². The molecule has 1 rings (SSSR count).